The number of aromatic nitrogens is 1. The third kappa shape index (κ3) is 2.14. The lowest BCUT2D eigenvalue weighted by Crippen LogP contribution is -2.35. The Labute approximate surface area is 113 Å². The Morgan fingerprint density at radius 3 is 2.63 bits per heavy atom. The lowest BCUT2D eigenvalue weighted by atomic mass is 10.1. The molecule has 0 saturated carbocycles. The third-order valence-corrected chi connectivity index (χ3v) is 4.00. The highest BCUT2D eigenvalue weighted by Gasteiger charge is 2.23. The Bertz CT molecular complexity index is 621. The fourth-order valence-corrected chi connectivity index (χ4v) is 2.97. The number of carbonyl (C=O) groups is 1. The van der Waals surface area contributed by atoms with E-state index >= 15 is 0 Å². The van der Waals surface area contributed by atoms with Gasteiger partial charge in [0.1, 0.15) is 0 Å². The van der Waals surface area contributed by atoms with E-state index in [4.69, 9.17) is 0 Å². The number of H-pyrrole nitrogens is 1. The van der Waals surface area contributed by atoms with Crippen molar-refractivity contribution in [2.45, 2.75) is 33.1 Å². The zero-order valence-electron chi connectivity index (χ0n) is 11.6. The summed E-state index contributed by atoms with van der Waals surface area (Å²) in [7, 11) is 0. The van der Waals surface area contributed by atoms with Gasteiger partial charge < -0.3 is 9.88 Å². The maximum absolute atomic E-state index is 12.7. The van der Waals surface area contributed by atoms with Crippen LogP contribution in [-0.2, 0) is 0 Å². The van der Waals surface area contributed by atoms with Crippen LogP contribution in [0.2, 0.25) is 0 Å². The zero-order chi connectivity index (χ0) is 13.4. The monoisotopic (exact) mass is 256 g/mol. The molecule has 1 aromatic carbocycles. The second kappa shape index (κ2) is 4.72. The molecule has 1 amide bonds. The smallest absolute Gasteiger partial charge is 0.256 e. The number of fused-ring (bicyclic) bond motifs is 1. The number of amides is 1. The molecule has 2 aromatic rings. The summed E-state index contributed by atoms with van der Waals surface area (Å²) in [6, 6.07) is 6.24. The van der Waals surface area contributed by atoms with E-state index in [-0.39, 0.29) is 5.91 Å². The molecule has 1 aromatic heterocycles. The van der Waals surface area contributed by atoms with Crippen LogP contribution in [0.25, 0.3) is 10.9 Å². The summed E-state index contributed by atoms with van der Waals surface area (Å²) in [5.41, 5.74) is 4.10. The van der Waals surface area contributed by atoms with E-state index in [1.54, 1.807) is 0 Å². The van der Waals surface area contributed by atoms with E-state index in [2.05, 4.69) is 30.1 Å². The van der Waals surface area contributed by atoms with Crippen LogP contribution in [0.5, 0.6) is 0 Å². The summed E-state index contributed by atoms with van der Waals surface area (Å²) in [6.07, 6.45) is 3.51. The van der Waals surface area contributed by atoms with E-state index in [1.807, 2.05) is 11.8 Å². The van der Waals surface area contributed by atoms with Crippen LogP contribution < -0.4 is 0 Å². The van der Waals surface area contributed by atoms with Gasteiger partial charge >= 0.3 is 0 Å². The molecule has 1 aliphatic rings. The van der Waals surface area contributed by atoms with Gasteiger partial charge in [0, 0.05) is 29.7 Å². The van der Waals surface area contributed by atoms with E-state index in [0.717, 1.165) is 48.1 Å². The number of nitrogens with zero attached hydrogens (tertiary/aromatic N) is 1. The zero-order valence-corrected chi connectivity index (χ0v) is 11.6. The number of benzene rings is 1. The lowest BCUT2D eigenvalue weighted by Gasteiger charge is -2.26. The normalized spacial score (nSPS) is 16.0. The van der Waals surface area contributed by atoms with Crippen LogP contribution in [0.4, 0.5) is 0 Å². The van der Waals surface area contributed by atoms with Gasteiger partial charge in [-0.05, 0) is 45.2 Å². The topological polar surface area (TPSA) is 36.1 Å². The summed E-state index contributed by atoms with van der Waals surface area (Å²) >= 11 is 0. The summed E-state index contributed by atoms with van der Waals surface area (Å²) in [5.74, 6) is 0.189. The van der Waals surface area contributed by atoms with Gasteiger partial charge in [0.2, 0.25) is 0 Å². The second-order valence-electron chi connectivity index (χ2n) is 5.53. The number of likely N-dealkylation sites (tertiary alicyclic amines) is 1. The Morgan fingerprint density at radius 2 is 1.89 bits per heavy atom. The molecule has 0 atom stereocenters. The van der Waals surface area contributed by atoms with Crippen molar-refractivity contribution >= 4 is 16.8 Å². The van der Waals surface area contributed by atoms with Gasteiger partial charge in [-0.1, -0.05) is 11.6 Å². The number of piperidine rings is 1. The minimum absolute atomic E-state index is 0.189. The third-order valence-electron chi connectivity index (χ3n) is 4.00. The Kier molecular flexibility index (Phi) is 3.05. The predicted octanol–water partition coefficient (Wildman–Crippen LogP) is 3.41. The lowest BCUT2D eigenvalue weighted by molar-refractivity contribution is 0.0725. The molecule has 0 radical (unpaired) electrons. The van der Waals surface area contributed by atoms with Gasteiger partial charge in [-0.15, -0.1) is 0 Å². The summed E-state index contributed by atoms with van der Waals surface area (Å²) in [5, 5.41) is 1.06. The molecule has 0 spiro atoms. The second-order valence-corrected chi connectivity index (χ2v) is 5.53. The molecule has 1 aliphatic heterocycles. The minimum atomic E-state index is 0.189. The van der Waals surface area contributed by atoms with Crippen molar-refractivity contribution < 1.29 is 4.79 Å². The van der Waals surface area contributed by atoms with E-state index in [0.29, 0.717) is 0 Å². The van der Waals surface area contributed by atoms with Crippen molar-refractivity contribution in [1.82, 2.24) is 9.88 Å². The number of aryl methyl sites for hydroxylation is 2. The maximum atomic E-state index is 12.7. The van der Waals surface area contributed by atoms with Crippen LogP contribution in [-0.4, -0.2) is 28.9 Å². The number of aromatic amines is 1. The molecule has 1 fully saturated rings. The summed E-state index contributed by atoms with van der Waals surface area (Å²) in [6.45, 7) is 5.86. The van der Waals surface area contributed by atoms with Crippen LogP contribution >= 0.6 is 0 Å². The molecule has 1 saturated heterocycles. The van der Waals surface area contributed by atoms with Gasteiger partial charge in [-0.3, -0.25) is 4.79 Å². The first-order valence-corrected chi connectivity index (χ1v) is 7.05. The molecule has 2 heterocycles. The Morgan fingerprint density at radius 1 is 1.16 bits per heavy atom. The minimum Gasteiger partial charge on any atom is -0.358 e. The number of carbonyl (C=O) groups excluding carboxylic acids is 1. The number of rotatable bonds is 1. The van der Waals surface area contributed by atoms with Gasteiger partial charge in [0.25, 0.3) is 5.91 Å². The van der Waals surface area contributed by atoms with Gasteiger partial charge in [-0.2, -0.15) is 0 Å². The predicted molar refractivity (Wildman–Crippen MR) is 77.5 cm³/mol. The highest BCUT2D eigenvalue weighted by Crippen LogP contribution is 2.25. The van der Waals surface area contributed by atoms with E-state index in [1.165, 1.54) is 12.0 Å². The number of hydrogen-bond acceptors (Lipinski definition) is 1. The molecular weight excluding hydrogens is 236 g/mol. The first kappa shape index (κ1) is 12.3. The molecule has 0 bridgehead atoms. The van der Waals surface area contributed by atoms with Crippen LogP contribution in [0.1, 0.15) is 40.9 Å². The molecule has 3 rings (SSSR count). The average Bonchev–Trinajstić information content (AvgIpc) is 2.74. The highest BCUT2D eigenvalue weighted by atomic mass is 16.2. The molecule has 1 N–H and O–H groups in total. The van der Waals surface area contributed by atoms with Crippen LogP contribution in [0.3, 0.4) is 0 Å². The van der Waals surface area contributed by atoms with Gasteiger partial charge in [-0.25, -0.2) is 0 Å². The Balaban J connectivity index is 2.05. The molecular formula is C16H20N2O. The number of hydrogen-bond donors (Lipinski definition) is 1. The van der Waals surface area contributed by atoms with Crippen LogP contribution in [0, 0.1) is 13.8 Å². The summed E-state index contributed by atoms with van der Waals surface area (Å²) < 4.78 is 0. The molecule has 3 nitrogen and oxygen atoms in total. The number of nitrogens with one attached hydrogen (secondary N) is 1. The SMILES string of the molecule is Cc1ccc2[nH]c(C)c(C(=O)N3CCCCC3)c2c1. The average molecular weight is 256 g/mol. The van der Waals surface area contributed by atoms with E-state index in [9.17, 15) is 4.79 Å². The fraction of sp³-hybridized carbons (Fsp3) is 0.438. The largest absolute Gasteiger partial charge is 0.358 e. The fourth-order valence-electron chi connectivity index (χ4n) is 2.97. The van der Waals surface area contributed by atoms with Crippen molar-refractivity contribution in [2.24, 2.45) is 0 Å². The van der Waals surface area contributed by atoms with Crippen LogP contribution in [0.15, 0.2) is 18.2 Å². The highest BCUT2D eigenvalue weighted by molar-refractivity contribution is 6.08. The maximum Gasteiger partial charge on any atom is 0.256 e. The molecule has 0 unspecified atom stereocenters. The van der Waals surface area contributed by atoms with Crippen molar-refractivity contribution in [1.29, 1.82) is 0 Å². The Hall–Kier alpha value is -1.77. The first-order valence-electron chi connectivity index (χ1n) is 7.05. The van der Waals surface area contributed by atoms with Crippen molar-refractivity contribution in [3.63, 3.8) is 0 Å². The van der Waals surface area contributed by atoms with Crippen molar-refractivity contribution in [3.05, 3.63) is 35.0 Å². The molecule has 3 heteroatoms. The van der Waals surface area contributed by atoms with Crippen molar-refractivity contribution in [3.8, 4) is 0 Å². The van der Waals surface area contributed by atoms with Gasteiger partial charge in [0.05, 0.1) is 5.56 Å². The van der Waals surface area contributed by atoms with Crippen molar-refractivity contribution in [2.75, 3.05) is 13.1 Å². The summed E-state index contributed by atoms with van der Waals surface area (Å²) in [4.78, 5) is 18.0. The molecule has 0 aliphatic carbocycles. The quantitative estimate of drug-likeness (QED) is 0.834. The van der Waals surface area contributed by atoms with Gasteiger partial charge in [0.15, 0.2) is 0 Å². The first-order chi connectivity index (χ1) is 9.16. The molecule has 100 valence electrons. The standard InChI is InChI=1S/C16H20N2O/c1-11-6-7-14-13(10-11)15(12(2)17-14)16(19)18-8-4-3-5-9-18/h6-7,10,17H,3-5,8-9H2,1-2H3. The molecule has 19 heavy (non-hydrogen) atoms. The van der Waals surface area contributed by atoms with E-state index < -0.39 is 0 Å².